The van der Waals surface area contributed by atoms with Gasteiger partial charge in [0.05, 0.1) is 5.56 Å². The van der Waals surface area contributed by atoms with E-state index in [2.05, 4.69) is 0 Å². The molecule has 3 aromatic rings. The molecule has 0 bridgehead atoms. The molecule has 0 spiro atoms. The van der Waals surface area contributed by atoms with Crippen molar-refractivity contribution >= 4 is 11.6 Å². The van der Waals surface area contributed by atoms with E-state index in [4.69, 9.17) is 11.6 Å². The molecule has 0 aliphatic carbocycles. The molecule has 0 saturated carbocycles. The Bertz CT molecular complexity index is 791. The summed E-state index contributed by atoms with van der Waals surface area (Å²) in [5.41, 5.74) is 2.15. The van der Waals surface area contributed by atoms with Crippen molar-refractivity contribution in [2.45, 2.75) is 12.1 Å². The van der Waals surface area contributed by atoms with E-state index in [0.29, 0.717) is 5.02 Å². The van der Waals surface area contributed by atoms with Crippen molar-refractivity contribution in [2.75, 3.05) is 0 Å². The summed E-state index contributed by atoms with van der Waals surface area (Å²) in [6.07, 6.45) is -4.33. The van der Waals surface area contributed by atoms with Crippen molar-refractivity contribution in [3.63, 3.8) is 0 Å². The fourth-order valence-corrected chi connectivity index (χ4v) is 2.87. The Kier molecular flexibility index (Phi) is 4.63. The third-order valence-electron chi connectivity index (χ3n) is 3.91. The van der Waals surface area contributed by atoms with Gasteiger partial charge in [0.1, 0.15) is 0 Å². The average molecular weight is 347 g/mol. The summed E-state index contributed by atoms with van der Waals surface area (Å²) in [5, 5.41) is 0.623. The molecule has 0 nitrogen and oxygen atoms in total. The number of halogens is 4. The Morgan fingerprint density at radius 1 is 0.625 bits per heavy atom. The number of rotatable bonds is 3. The van der Waals surface area contributed by atoms with E-state index in [0.717, 1.165) is 28.8 Å². The molecule has 4 heteroatoms. The second-order valence-corrected chi connectivity index (χ2v) is 5.95. The van der Waals surface area contributed by atoms with Crippen LogP contribution in [0.4, 0.5) is 13.2 Å². The van der Waals surface area contributed by atoms with Crippen molar-refractivity contribution in [3.8, 4) is 0 Å². The van der Waals surface area contributed by atoms with E-state index in [9.17, 15) is 13.2 Å². The summed E-state index contributed by atoms with van der Waals surface area (Å²) in [6.45, 7) is 0. The Hall–Kier alpha value is -2.26. The first-order valence-electron chi connectivity index (χ1n) is 7.43. The molecule has 0 radical (unpaired) electrons. The van der Waals surface area contributed by atoms with Gasteiger partial charge in [-0.3, -0.25) is 0 Å². The number of alkyl halides is 3. The standard InChI is InChI=1S/C20H14ClF3/c21-18-12-8-16(9-13-18)19(14-4-2-1-3-5-14)15-6-10-17(11-7-15)20(22,23)24/h1-13,19H. The lowest BCUT2D eigenvalue weighted by Gasteiger charge is -2.19. The second-order valence-electron chi connectivity index (χ2n) is 5.52. The maximum absolute atomic E-state index is 12.8. The highest BCUT2D eigenvalue weighted by Crippen LogP contribution is 2.35. The van der Waals surface area contributed by atoms with Gasteiger partial charge < -0.3 is 0 Å². The molecule has 122 valence electrons. The van der Waals surface area contributed by atoms with Crippen LogP contribution in [0, 0.1) is 0 Å². The molecule has 1 unspecified atom stereocenters. The third-order valence-corrected chi connectivity index (χ3v) is 4.16. The first-order valence-corrected chi connectivity index (χ1v) is 7.80. The van der Waals surface area contributed by atoms with Crippen LogP contribution in [0.1, 0.15) is 28.2 Å². The normalized spacial score (nSPS) is 12.8. The van der Waals surface area contributed by atoms with Gasteiger partial charge in [0.15, 0.2) is 0 Å². The minimum atomic E-state index is -4.33. The Morgan fingerprint density at radius 3 is 1.58 bits per heavy atom. The maximum atomic E-state index is 12.8. The van der Waals surface area contributed by atoms with Crippen LogP contribution in [-0.2, 0) is 6.18 Å². The molecule has 1 atom stereocenters. The summed E-state index contributed by atoms with van der Waals surface area (Å²) in [7, 11) is 0. The van der Waals surface area contributed by atoms with E-state index in [1.54, 1.807) is 12.1 Å². The quantitative estimate of drug-likeness (QED) is 0.472. The van der Waals surface area contributed by atoms with Crippen LogP contribution in [0.3, 0.4) is 0 Å². The van der Waals surface area contributed by atoms with E-state index >= 15 is 0 Å². The zero-order valence-corrected chi connectivity index (χ0v) is 13.4. The molecule has 3 aromatic carbocycles. The van der Waals surface area contributed by atoms with Gasteiger partial charge in [-0.05, 0) is 41.0 Å². The lowest BCUT2D eigenvalue weighted by molar-refractivity contribution is -0.137. The Morgan fingerprint density at radius 2 is 1.08 bits per heavy atom. The fraction of sp³-hybridized carbons (Fsp3) is 0.100. The first-order chi connectivity index (χ1) is 11.4. The van der Waals surface area contributed by atoms with Crippen molar-refractivity contribution < 1.29 is 13.2 Å². The lowest BCUT2D eigenvalue weighted by atomic mass is 9.85. The van der Waals surface area contributed by atoms with Gasteiger partial charge in [0.25, 0.3) is 0 Å². The highest BCUT2D eigenvalue weighted by molar-refractivity contribution is 6.30. The summed E-state index contributed by atoms with van der Waals surface area (Å²) in [6, 6.07) is 22.4. The van der Waals surface area contributed by atoms with Crippen LogP contribution >= 0.6 is 11.6 Å². The largest absolute Gasteiger partial charge is 0.416 e. The smallest absolute Gasteiger partial charge is 0.166 e. The minimum absolute atomic E-state index is 0.147. The minimum Gasteiger partial charge on any atom is -0.166 e. The number of hydrogen-bond acceptors (Lipinski definition) is 0. The number of benzene rings is 3. The highest BCUT2D eigenvalue weighted by atomic mass is 35.5. The van der Waals surface area contributed by atoms with E-state index in [1.807, 2.05) is 42.5 Å². The van der Waals surface area contributed by atoms with E-state index in [-0.39, 0.29) is 5.92 Å². The Labute approximate surface area is 143 Å². The third kappa shape index (κ3) is 3.62. The Balaban J connectivity index is 2.06. The molecule has 24 heavy (non-hydrogen) atoms. The van der Waals surface area contributed by atoms with Gasteiger partial charge in [-0.2, -0.15) is 13.2 Å². The van der Waals surface area contributed by atoms with E-state index < -0.39 is 11.7 Å². The molecule has 3 rings (SSSR count). The van der Waals surface area contributed by atoms with Gasteiger partial charge in [0, 0.05) is 10.9 Å². The predicted molar refractivity (Wildman–Crippen MR) is 90.3 cm³/mol. The van der Waals surface area contributed by atoms with Crippen molar-refractivity contribution in [1.29, 1.82) is 0 Å². The van der Waals surface area contributed by atoms with Gasteiger partial charge in [-0.15, -0.1) is 0 Å². The lowest BCUT2D eigenvalue weighted by Crippen LogP contribution is -2.07. The zero-order valence-electron chi connectivity index (χ0n) is 12.6. The molecule has 0 aliphatic rings. The first kappa shape index (κ1) is 16.6. The molecule has 0 N–H and O–H groups in total. The zero-order chi connectivity index (χ0) is 17.2. The second kappa shape index (κ2) is 6.70. The number of hydrogen-bond donors (Lipinski definition) is 0. The molecule has 0 saturated heterocycles. The summed E-state index contributed by atoms with van der Waals surface area (Å²) >= 11 is 5.95. The van der Waals surface area contributed by atoms with Crippen LogP contribution in [0.2, 0.25) is 5.02 Å². The SMILES string of the molecule is FC(F)(F)c1ccc(C(c2ccccc2)c2ccc(Cl)cc2)cc1. The van der Waals surface area contributed by atoms with Crippen LogP contribution in [0.15, 0.2) is 78.9 Å². The molecule has 0 aromatic heterocycles. The van der Waals surface area contributed by atoms with Crippen LogP contribution < -0.4 is 0 Å². The van der Waals surface area contributed by atoms with Crippen molar-refractivity contribution in [1.82, 2.24) is 0 Å². The summed E-state index contributed by atoms with van der Waals surface area (Å²) in [4.78, 5) is 0. The predicted octanol–water partition coefficient (Wildman–Crippen LogP) is 6.54. The topological polar surface area (TPSA) is 0 Å². The van der Waals surface area contributed by atoms with Crippen LogP contribution in [0.25, 0.3) is 0 Å². The van der Waals surface area contributed by atoms with Gasteiger partial charge >= 0.3 is 6.18 Å². The fourth-order valence-electron chi connectivity index (χ4n) is 2.74. The summed E-state index contributed by atoms with van der Waals surface area (Å²) in [5.74, 6) is -0.147. The summed E-state index contributed by atoms with van der Waals surface area (Å²) < 4.78 is 38.4. The van der Waals surface area contributed by atoms with Gasteiger partial charge in [-0.1, -0.05) is 66.2 Å². The molecule has 0 fully saturated rings. The van der Waals surface area contributed by atoms with Gasteiger partial charge in [-0.25, -0.2) is 0 Å². The molecule has 0 heterocycles. The monoisotopic (exact) mass is 346 g/mol. The molecular formula is C20H14ClF3. The molecular weight excluding hydrogens is 333 g/mol. The average Bonchev–Trinajstić information content (AvgIpc) is 2.58. The van der Waals surface area contributed by atoms with Crippen molar-refractivity contribution in [2.24, 2.45) is 0 Å². The maximum Gasteiger partial charge on any atom is 0.416 e. The van der Waals surface area contributed by atoms with Crippen LogP contribution in [-0.4, -0.2) is 0 Å². The van der Waals surface area contributed by atoms with Crippen molar-refractivity contribution in [3.05, 3.63) is 106 Å². The molecule has 0 aliphatic heterocycles. The van der Waals surface area contributed by atoms with E-state index in [1.165, 1.54) is 12.1 Å². The van der Waals surface area contributed by atoms with Gasteiger partial charge in [0.2, 0.25) is 0 Å². The highest BCUT2D eigenvalue weighted by Gasteiger charge is 2.30. The molecule has 0 amide bonds. The van der Waals surface area contributed by atoms with Crippen LogP contribution in [0.5, 0.6) is 0 Å².